The Balaban J connectivity index is 0.000000104. The minimum Gasteiger partial charge on any atom is -0.308 e. The minimum atomic E-state index is 0.563. The zero-order valence-corrected chi connectivity index (χ0v) is 74.0. The first-order valence-corrected chi connectivity index (χ1v) is 44.2. The molecule has 0 aliphatic heterocycles. The Labute approximate surface area is 766 Å². The van der Waals surface area contributed by atoms with Gasteiger partial charge in [0.25, 0.3) is 0 Å². The Kier molecular flexibility index (Phi) is 22.0. The fourth-order valence-corrected chi connectivity index (χ4v) is 17.7. The van der Waals surface area contributed by atoms with E-state index in [1.807, 2.05) is 256 Å². The summed E-state index contributed by atoms with van der Waals surface area (Å²) in [4.78, 5) is 66.3. The maximum Gasteiger partial charge on any atom is 0.238 e. The molecule has 0 atom stereocenters. The van der Waals surface area contributed by atoms with Gasteiger partial charge in [0.1, 0.15) is 5.82 Å². The third-order valence-electron chi connectivity index (χ3n) is 21.9. The van der Waals surface area contributed by atoms with Gasteiger partial charge in [-0.25, -0.2) is 19.9 Å². The van der Waals surface area contributed by atoms with Gasteiger partial charge < -0.3 is 9.13 Å². The molecule has 18 nitrogen and oxygen atoms in total. The number of aromatic nitrogens is 18. The zero-order chi connectivity index (χ0) is 86.0. The van der Waals surface area contributed by atoms with E-state index in [0.717, 1.165) is 196 Å². The summed E-state index contributed by atoms with van der Waals surface area (Å²) in [6, 6.07) is 118. The van der Waals surface area contributed by atoms with E-state index < -0.39 is 0 Å². The standard InChI is InChI=1S/2C27H17BrN4.2C26H16BrN5/c28-20-9-10-25-22(17-20)27-26(8-5-13-31-27)32(25)21-15-18(23-6-1-3-11-29-23)14-19(16-21)24-7-2-4-12-30-24;28-20-13-14-23-21(16-20)26-24(12-7-15-29-26)32(23)25-17-22(18-8-3-1-4-9-18)30-27(31-25)19-10-5-2-6-11-19;27-17-9-10-24-19(14-17)26-25(8-5-13-30-26)32(24)18-15-22(20-6-1-3-11-28-20)31-23(16-18)21-7-2-4-12-29-21;27-19-13-14-21-20(16-19)23-22(12-7-15-28-23)32(21)26-30-24(17-8-3-1-4-9-17)29-25(31-26)18-10-5-2-6-11-18/h2*1-17H;2*1-16H. The van der Waals surface area contributed by atoms with Crippen LogP contribution in [0.25, 0.3) is 202 Å². The van der Waals surface area contributed by atoms with E-state index in [4.69, 9.17) is 34.9 Å². The van der Waals surface area contributed by atoms with Crippen molar-refractivity contribution in [1.82, 2.24) is 88.0 Å². The van der Waals surface area contributed by atoms with E-state index in [1.54, 1.807) is 12.4 Å². The molecule has 15 heterocycles. The maximum absolute atomic E-state index is 5.01. The molecule has 0 bridgehead atoms. The quantitative estimate of drug-likeness (QED) is 0.112. The molecule has 0 fully saturated rings. The lowest BCUT2D eigenvalue weighted by molar-refractivity contribution is 0.953. The van der Waals surface area contributed by atoms with Crippen LogP contribution in [-0.2, 0) is 0 Å². The third-order valence-corrected chi connectivity index (χ3v) is 23.9. The number of halogens is 4. The topological polar surface area (TPSA) is 200 Å². The molecule has 0 spiro atoms. The van der Waals surface area contributed by atoms with Crippen LogP contribution in [0.1, 0.15) is 0 Å². The third kappa shape index (κ3) is 15.9. The van der Waals surface area contributed by atoms with Gasteiger partial charge in [0.05, 0.1) is 112 Å². The van der Waals surface area contributed by atoms with Crippen LogP contribution in [0.15, 0.2) is 419 Å². The molecule has 0 unspecified atom stereocenters. The smallest absolute Gasteiger partial charge is 0.238 e. The van der Waals surface area contributed by atoms with Gasteiger partial charge >= 0.3 is 0 Å². The molecule has 24 aromatic rings. The summed E-state index contributed by atoms with van der Waals surface area (Å²) < 4.78 is 12.8. The van der Waals surface area contributed by atoms with Crippen LogP contribution < -0.4 is 0 Å². The normalized spacial score (nSPS) is 11.3. The average Bonchev–Trinajstić information content (AvgIpc) is 1.61. The van der Waals surface area contributed by atoms with E-state index in [9.17, 15) is 0 Å². The Morgan fingerprint density at radius 3 is 0.883 bits per heavy atom. The maximum atomic E-state index is 5.01. The Morgan fingerprint density at radius 2 is 0.500 bits per heavy atom. The van der Waals surface area contributed by atoms with Crippen LogP contribution in [0, 0.1) is 0 Å². The zero-order valence-electron chi connectivity index (χ0n) is 67.7. The van der Waals surface area contributed by atoms with Crippen molar-refractivity contribution in [3.8, 4) is 114 Å². The molecular formula is C106H66Br4N18. The van der Waals surface area contributed by atoms with Gasteiger partial charge in [0, 0.05) is 134 Å². The highest BCUT2D eigenvalue weighted by atomic mass is 79.9. The number of benzene rings is 9. The minimum absolute atomic E-state index is 0.563. The van der Waals surface area contributed by atoms with Crippen molar-refractivity contribution in [3.63, 3.8) is 0 Å². The summed E-state index contributed by atoms with van der Waals surface area (Å²) in [6.07, 6.45) is 14.5. The van der Waals surface area contributed by atoms with Crippen molar-refractivity contribution in [1.29, 1.82) is 0 Å². The van der Waals surface area contributed by atoms with Gasteiger partial charge in [-0.05, 0) is 200 Å². The molecule has 0 N–H and O–H groups in total. The number of fused-ring (bicyclic) bond motifs is 12. The molecule has 608 valence electrons. The molecule has 24 rings (SSSR count). The number of pyridine rings is 9. The first-order valence-electron chi connectivity index (χ1n) is 41.0. The van der Waals surface area contributed by atoms with Crippen LogP contribution in [0.3, 0.4) is 0 Å². The lowest BCUT2D eigenvalue weighted by Gasteiger charge is -2.13. The van der Waals surface area contributed by atoms with Crippen LogP contribution in [0.5, 0.6) is 0 Å². The van der Waals surface area contributed by atoms with E-state index in [2.05, 4.69) is 250 Å². The summed E-state index contributed by atoms with van der Waals surface area (Å²) in [7, 11) is 0. The van der Waals surface area contributed by atoms with Crippen LogP contribution in [0.2, 0.25) is 0 Å². The molecule has 128 heavy (non-hydrogen) atoms. The lowest BCUT2D eigenvalue weighted by atomic mass is 10.0. The van der Waals surface area contributed by atoms with Crippen molar-refractivity contribution in [2.45, 2.75) is 0 Å². The van der Waals surface area contributed by atoms with Gasteiger partial charge in [-0.3, -0.25) is 49.0 Å². The summed E-state index contributed by atoms with van der Waals surface area (Å²) in [5, 5.41) is 4.32. The van der Waals surface area contributed by atoms with Gasteiger partial charge in [-0.15, -0.1) is 0 Å². The molecule has 15 aromatic heterocycles. The van der Waals surface area contributed by atoms with Gasteiger partial charge in [-0.1, -0.05) is 209 Å². The van der Waals surface area contributed by atoms with Crippen LogP contribution >= 0.6 is 63.7 Å². The Hall–Kier alpha value is -15.5. The number of hydrogen-bond donors (Lipinski definition) is 0. The number of nitrogens with zero attached hydrogens (tertiary/aromatic N) is 18. The number of hydrogen-bond acceptors (Lipinski definition) is 14. The molecule has 0 radical (unpaired) electrons. The van der Waals surface area contributed by atoms with Crippen LogP contribution in [-0.4, -0.2) is 88.0 Å². The summed E-state index contributed by atoms with van der Waals surface area (Å²) in [5.74, 6) is 3.33. The predicted molar refractivity (Wildman–Crippen MR) is 527 cm³/mol. The second-order valence-electron chi connectivity index (χ2n) is 29.9. The second kappa shape index (κ2) is 35.3. The highest BCUT2D eigenvalue weighted by Crippen LogP contribution is 2.41. The molecule has 0 aliphatic carbocycles. The summed E-state index contributed by atoms with van der Waals surface area (Å²) in [5.41, 5.74) is 26.0. The molecule has 0 saturated heterocycles. The van der Waals surface area contributed by atoms with E-state index in [1.165, 1.54) is 0 Å². The van der Waals surface area contributed by atoms with E-state index >= 15 is 0 Å². The van der Waals surface area contributed by atoms with Crippen LogP contribution in [0.4, 0.5) is 0 Å². The first kappa shape index (κ1) is 79.7. The van der Waals surface area contributed by atoms with Crippen molar-refractivity contribution >= 4 is 151 Å². The summed E-state index contributed by atoms with van der Waals surface area (Å²) >= 11 is 14.4. The monoisotopic (exact) mass is 1910 g/mol. The molecular weight excluding hydrogens is 1840 g/mol. The molecule has 0 amide bonds. The van der Waals surface area contributed by atoms with Crippen molar-refractivity contribution in [2.75, 3.05) is 0 Å². The highest BCUT2D eigenvalue weighted by Gasteiger charge is 2.24. The van der Waals surface area contributed by atoms with Gasteiger partial charge in [0.15, 0.2) is 17.5 Å². The molecule has 0 aliphatic rings. The lowest BCUT2D eigenvalue weighted by Crippen LogP contribution is -2.06. The second-order valence-corrected chi connectivity index (χ2v) is 33.5. The van der Waals surface area contributed by atoms with E-state index in [0.29, 0.717) is 23.4 Å². The number of rotatable bonds is 12. The van der Waals surface area contributed by atoms with Gasteiger partial charge in [0.2, 0.25) is 5.95 Å². The SMILES string of the molecule is Brc1ccc2c(c1)c1ncccc1n2-c1cc(-c2ccccc2)nc(-c2ccccc2)n1.Brc1ccc2c(c1)c1ncccc1n2-c1cc(-c2ccccn2)cc(-c2ccccn2)c1.Brc1ccc2c(c1)c1ncccc1n2-c1cc(-c2ccccn2)nc(-c2ccccn2)c1.Brc1ccc2c(c1)c1ncccc1n2-c1nc(-c2ccccc2)nc(-c2ccccc2)n1. The average molecular weight is 1910 g/mol. The van der Waals surface area contributed by atoms with Crippen molar-refractivity contribution < 1.29 is 0 Å². The fraction of sp³-hybridized carbons (Fsp3) is 0. The Morgan fingerprint density at radius 1 is 0.180 bits per heavy atom. The van der Waals surface area contributed by atoms with E-state index in [-0.39, 0.29) is 0 Å². The summed E-state index contributed by atoms with van der Waals surface area (Å²) in [6.45, 7) is 0. The van der Waals surface area contributed by atoms with Crippen molar-refractivity contribution in [2.24, 2.45) is 0 Å². The fourth-order valence-electron chi connectivity index (χ4n) is 16.2. The molecule has 0 saturated carbocycles. The van der Waals surface area contributed by atoms with Gasteiger partial charge in [-0.2, -0.15) is 9.97 Å². The molecule has 22 heteroatoms. The largest absolute Gasteiger partial charge is 0.308 e. The first-order chi connectivity index (χ1) is 63.1. The Bertz CT molecular complexity index is 7040. The van der Waals surface area contributed by atoms with Crippen molar-refractivity contribution in [3.05, 3.63) is 419 Å². The predicted octanol–water partition coefficient (Wildman–Crippen LogP) is 27.1. The highest BCUT2D eigenvalue weighted by molar-refractivity contribution is 9.11. The molecule has 9 aromatic carbocycles.